The topological polar surface area (TPSA) is 111 Å². The summed E-state index contributed by atoms with van der Waals surface area (Å²) in [6.07, 6.45) is 1.49. The highest BCUT2D eigenvalue weighted by molar-refractivity contribution is 7.89. The molecule has 1 aliphatic rings. The molecule has 1 aromatic rings. The number of aromatic carboxylic acids is 1. The molecule has 0 bridgehead atoms. The SMILES string of the molecule is Cc1[nH]c(C(=O)O)c(C)c1S(=O)(=O)N1CCCC(CO)C1. The maximum absolute atomic E-state index is 12.8. The summed E-state index contributed by atoms with van der Waals surface area (Å²) in [6.45, 7) is 3.67. The molecular weight excluding hydrogens is 296 g/mol. The van der Waals surface area contributed by atoms with Crippen molar-refractivity contribution in [3.05, 3.63) is 17.0 Å². The first kappa shape index (κ1) is 16.0. The number of nitrogens with zero attached hydrogens (tertiary/aromatic N) is 1. The second kappa shape index (κ2) is 5.78. The molecule has 118 valence electrons. The van der Waals surface area contributed by atoms with Crippen LogP contribution in [0.25, 0.3) is 0 Å². The Bertz CT molecular complexity index is 650. The van der Waals surface area contributed by atoms with Gasteiger partial charge in [0.05, 0.1) is 0 Å². The Kier molecular flexibility index (Phi) is 4.40. The van der Waals surface area contributed by atoms with Gasteiger partial charge in [0.15, 0.2) is 0 Å². The monoisotopic (exact) mass is 316 g/mol. The van der Waals surface area contributed by atoms with E-state index in [1.54, 1.807) is 6.92 Å². The molecule has 0 saturated carbocycles. The van der Waals surface area contributed by atoms with Crippen molar-refractivity contribution in [1.29, 1.82) is 0 Å². The van der Waals surface area contributed by atoms with E-state index < -0.39 is 16.0 Å². The Labute approximate surface area is 123 Å². The summed E-state index contributed by atoms with van der Waals surface area (Å²) < 4.78 is 26.9. The predicted molar refractivity (Wildman–Crippen MR) is 75.8 cm³/mol. The Balaban J connectivity index is 2.42. The van der Waals surface area contributed by atoms with Crippen LogP contribution < -0.4 is 0 Å². The summed E-state index contributed by atoms with van der Waals surface area (Å²) in [5, 5.41) is 18.3. The summed E-state index contributed by atoms with van der Waals surface area (Å²) in [5.41, 5.74) is 0.462. The van der Waals surface area contributed by atoms with Crippen LogP contribution in [0, 0.1) is 19.8 Å². The van der Waals surface area contributed by atoms with Crippen molar-refractivity contribution in [2.75, 3.05) is 19.7 Å². The molecular formula is C13H20N2O5S. The fourth-order valence-corrected chi connectivity index (χ4v) is 4.82. The van der Waals surface area contributed by atoms with Gasteiger partial charge < -0.3 is 15.2 Å². The number of aliphatic hydroxyl groups excluding tert-OH is 1. The van der Waals surface area contributed by atoms with Crippen molar-refractivity contribution < 1.29 is 23.4 Å². The molecule has 1 atom stereocenters. The zero-order chi connectivity index (χ0) is 15.8. The maximum atomic E-state index is 12.8. The molecule has 0 aromatic carbocycles. The molecule has 0 aliphatic carbocycles. The molecule has 0 radical (unpaired) electrons. The molecule has 0 amide bonds. The molecule has 21 heavy (non-hydrogen) atoms. The molecule has 1 aliphatic heterocycles. The molecule has 8 heteroatoms. The quantitative estimate of drug-likeness (QED) is 0.758. The highest BCUT2D eigenvalue weighted by Crippen LogP contribution is 2.29. The first-order valence-electron chi connectivity index (χ1n) is 6.82. The van der Waals surface area contributed by atoms with Crippen LogP contribution in [0.15, 0.2) is 4.90 Å². The van der Waals surface area contributed by atoms with Crippen molar-refractivity contribution in [3.63, 3.8) is 0 Å². The lowest BCUT2D eigenvalue weighted by Gasteiger charge is -2.31. The second-order valence-electron chi connectivity index (χ2n) is 5.44. The number of nitrogens with one attached hydrogen (secondary N) is 1. The van der Waals surface area contributed by atoms with Crippen LogP contribution in [0.5, 0.6) is 0 Å². The third-order valence-corrected chi connectivity index (χ3v) is 6.06. The summed E-state index contributed by atoms with van der Waals surface area (Å²) in [4.78, 5) is 13.8. The summed E-state index contributed by atoms with van der Waals surface area (Å²) in [5.74, 6) is -1.24. The van der Waals surface area contributed by atoms with Crippen LogP contribution >= 0.6 is 0 Å². The predicted octanol–water partition coefficient (Wildman–Crippen LogP) is 0.723. The normalized spacial score (nSPS) is 20.6. The smallest absolute Gasteiger partial charge is 0.352 e. The fourth-order valence-electron chi connectivity index (χ4n) is 2.86. The fraction of sp³-hybridized carbons (Fsp3) is 0.615. The number of aromatic nitrogens is 1. The second-order valence-corrected chi connectivity index (χ2v) is 7.31. The highest BCUT2D eigenvalue weighted by Gasteiger charge is 2.34. The van der Waals surface area contributed by atoms with Gasteiger partial charge in [-0.15, -0.1) is 0 Å². The van der Waals surface area contributed by atoms with Crippen molar-refractivity contribution >= 4 is 16.0 Å². The minimum Gasteiger partial charge on any atom is -0.477 e. The molecule has 1 fully saturated rings. The van der Waals surface area contributed by atoms with Crippen LogP contribution in [-0.2, 0) is 10.0 Å². The van der Waals surface area contributed by atoms with Crippen molar-refractivity contribution in [2.45, 2.75) is 31.6 Å². The number of aromatic amines is 1. The van der Waals surface area contributed by atoms with Gasteiger partial charge in [0.2, 0.25) is 10.0 Å². The zero-order valence-electron chi connectivity index (χ0n) is 12.1. The molecule has 1 unspecified atom stereocenters. The molecule has 1 saturated heterocycles. The lowest BCUT2D eigenvalue weighted by molar-refractivity contribution is 0.0690. The van der Waals surface area contributed by atoms with Gasteiger partial charge in [-0.1, -0.05) is 0 Å². The zero-order valence-corrected chi connectivity index (χ0v) is 12.9. The first-order valence-corrected chi connectivity index (χ1v) is 8.26. The first-order chi connectivity index (χ1) is 9.78. The number of aryl methyl sites for hydroxylation is 1. The van der Waals surface area contributed by atoms with E-state index in [2.05, 4.69) is 4.98 Å². The number of carboxylic acid groups (broad SMARTS) is 1. The molecule has 0 spiro atoms. The Morgan fingerprint density at radius 2 is 2.10 bits per heavy atom. The van der Waals surface area contributed by atoms with Crippen LogP contribution in [-0.4, -0.2) is 53.6 Å². The standard InChI is InChI=1S/C13H20N2O5S/c1-8-11(13(17)18)14-9(2)12(8)21(19,20)15-5-3-4-10(6-15)7-16/h10,14,16H,3-7H2,1-2H3,(H,17,18). The third kappa shape index (κ3) is 2.83. The number of hydrogen-bond acceptors (Lipinski definition) is 4. The number of piperidine rings is 1. The average molecular weight is 316 g/mol. The van der Waals surface area contributed by atoms with Crippen LogP contribution in [0.1, 0.15) is 34.6 Å². The van der Waals surface area contributed by atoms with Gasteiger partial charge in [-0.25, -0.2) is 13.2 Å². The van der Waals surface area contributed by atoms with Gasteiger partial charge in [0.1, 0.15) is 10.6 Å². The van der Waals surface area contributed by atoms with E-state index in [9.17, 15) is 18.3 Å². The number of hydrogen-bond donors (Lipinski definition) is 3. The van der Waals surface area contributed by atoms with E-state index in [1.165, 1.54) is 11.2 Å². The Morgan fingerprint density at radius 1 is 1.43 bits per heavy atom. The molecule has 3 N–H and O–H groups in total. The van der Waals surface area contributed by atoms with Gasteiger partial charge >= 0.3 is 5.97 Å². The van der Waals surface area contributed by atoms with Crippen LogP contribution in [0.4, 0.5) is 0 Å². The van der Waals surface area contributed by atoms with Crippen LogP contribution in [0.3, 0.4) is 0 Å². The average Bonchev–Trinajstić information content (AvgIpc) is 2.74. The molecule has 2 heterocycles. The van der Waals surface area contributed by atoms with Gasteiger partial charge in [-0.2, -0.15) is 4.31 Å². The number of H-pyrrole nitrogens is 1. The van der Waals surface area contributed by atoms with Gasteiger partial charge in [-0.3, -0.25) is 0 Å². The van der Waals surface area contributed by atoms with E-state index in [4.69, 9.17) is 5.11 Å². The maximum Gasteiger partial charge on any atom is 0.352 e. The number of aliphatic hydroxyl groups is 1. The van der Waals surface area contributed by atoms with Gasteiger partial charge in [0.25, 0.3) is 0 Å². The van der Waals surface area contributed by atoms with E-state index in [1.807, 2.05) is 0 Å². The van der Waals surface area contributed by atoms with E-state index >= 15 is 0 Å². The van der Waals surface area contributed by atoms with Crippen molar-refractivity contribution in [1.82, 2.24) is 9.29 Å². The number of sulfonamides is 1. The van der Waals surface area contributed by atoms with Gasteiger partial charge in [-0.05, 0) is 32.6 Å². The Hall–Kier alpha value is -1.38. The summed E-state index contributed by atoms with van der Waals surface area (Å²) in [7, 11) is -3.75. The highest BCUT2D eigenvalue weighted by atomic mass is 32.2. The van der Waals surface area contributed by atoms with Crippen molar-refractivity contribution in [3.8, 4) is 0 Å². The summed E-state index contributed by atoms with van der Waals surface area (Å²) in [6, 6.07) is 0. The minimum atomic E-state index is -3.75. The lowest BCUT2D eigenvalue weighted by Crippen LogP contribution is -2.41. The molecule has 2 rings (SSSR count). The van der Waals surface area contributed by atoms with E-state index in [0.29, 0.717) is 18.7 Å². The third-order valence-electron chi connectivity index (χ3n) is 3.92. The van der Waals surface area contributed by atoms with E-state index in [0.717, 1.165) is 6.42 Å². The number of carbonyl (C=O) groups is 1. The van der Waals surface area contributed by atoms with Crippen LogP contribution in [0.2, 0.25) is 0 Å². The lowest BCUT2D eigenvalue weighted by atomic mass is 10.0. The largest absolute Gasteiger partial charge is 0.477 e. The number of carboxylic acids is 1. The van der Waals surface area contributed by atoms with Crippen molar-refractivity contribution in [2.24, 2.45) is 5.92 Å². The number of rotatable bonds is 4. The minimum absolute atomic E-state index is 0.0403. The van der Waals surface area contributed by atoms with Gasteiger partial charge in [0, 0.05) is 31.0 Å². The summed E-state index contributed by atoms with van der Waals surface area (Å²) >= 11 is 0. The Morgan fingerprint density at radius 3 is 2.62 bits per heavy atom. The molecule has 7 nitrogen and oxygen atoms in total. The molecule has 1 aromatic heterocycles. The van der Waals surface area contributed by atoms with E-state index in [-0.39, 0.29) is 35.2 Å².